The van der Waals surface area contributed by atoms with Gasteiger partial charge in [-0.25, -0.2) is 0 Å². The topological polar surface area (TPSA) is 6.48 Å². The van der Waals surface area contributed by atoms with Crippen molar-refractivity contribution in [2.24, 2.45) is 5.92 Å². The third-order valence-electron chi connectivity index (χ3n) is 6.95. The standard InChI is InChI=1S/C30H52N2/c1-4-5-6-7-8-9-10-11-12-13-14-15-16-17-21-24-31-25-26-32(30(31)28(2)3)27-29-22-19-18-20-23-29/h18-20,22-23,25-26,28,30H,4-17,21,24,27H2,1-3H3. The summed E-state index contributed by atoms with van der Waals surface area (Å²) in [5, 5.41) is 0. The second kappa shape index (κ2) is 17.1. The molecule has 0 amide bonds. The van der Waals surface area contributed by atoms with Gasteiger partial charge in [0.1, 0.15) is 6.17 Å². The quantitative estimate of drug-likeness (QED) is 0.198. The van der Waals surface area contributed by atoms with Gasteiger partial charge >= 0.3 is 0 Å². The molecule has 0 bridgehead atoms. The summed E-state index contributed by atoms with van der Waals surface area (Å²) in [6.45, 7) is 9.22. The van der Waals surface area contributed by atoms with Crippen LogP contribution < -0.4 is 0 Å². The fourth-order valence-corrected chi connectivity index (χ4v) is 5.12. The molecule has 1 atom stereocenters. The molecular weight excluding hydrogens is 388 g/mol. The van der Waals surface area contributed by atoms with Gasteiger partial charge in [-0.05, 0) is 17.9 Å². The van der Waals surface area contributed by atoms with E-state index in [1.807, 2.05) is 0 Å². The Morgan fingerprint density at radius 3 is 1.59 bits per heavy atom. The molecule has 2 rings (SSSR count). The monoisotopic (exact) mass is 440 g/mol. The van der Waals surface area contributed by atoms with Crippen molar-refractivity contribution in [2.45, 2.75) is 130 Å². The molecule has 0 spiro atoms. The largest absolute Gasteiger partial charge is 0.356 e. The summed E-state index contributed by atoms with van der Waals surface area (Å²) in [6, 6.07) is 10.9. The predicted molar refractivity (Wildman–Crippen MR) is 141 cm³/mol. The van der Waals surface area contributed by atoms with Crippen molar-refractivity contribution in [1.29, 1.82) is 0 Å². The first kappa shape index (κ1) is 26.8. The number of nitrogens with zero attached hydrogens (tertiary/aromatic N) is 2. The van der Waals surface area contributed by atoms with Crippen LogP contribution in [0.3, 0.4) is 0 Å². The van der Waals surface area contributed by atoms with Crippen molar-refractivity contribution in [1.82, 2.24) is 9.80 Å². The van der Waals surface area contributed by atoms with Gasteiger partial charge in [0.25, 0.3) is 0 Å². The average molecular weight is 441 g/mol. The molecule has 0 aliphatic carbocycles. The zero-order valence-corrected chi connectivity index (χ0v) is 21.6. The summed E-state index contributed by atoms with van der Waals surface area (Å²) in [6.07, 6.45) is 26.6. The van der Waals surface area contributed by atoms with E-state index in [1.165, 1.54) is 108 Å². The lowest BCUT2D eigenvalue weighted by Crippen LogP contribution is -2.42. The van der Waals surface area contributed by atoms with Crippen LogP contribution in [0.4, 0.5) is 0 Å². The van der Waals surface area contributed by atoms with Gasteiger partial charge in [0.05, 0.1) is 0 Å². The molecule has 1 aliphatic heterocycles. The minimum Gasteiger partial charge on any atom is -0.356 e. The summed E-state index contributed by atoms with van der Waals surface area (Å²) >= 11 is 0. The highest BCUT2D eigenvalue weighted by Gasteiger charge is 2.28. The number of rotatable bonds is 19. The van der Waals surface area contributed by atoms with E-state index in [0.29, 0.717) is 12.1 Å². The number of unbranched alkanes of at least 4 members (excludes halogenated alkanes) is 14. The Morgan fingerprint density at radius 2 is 1.09 bits per heavy atom. The molecule has 1 aliphatic rings. The number of benzene rings is 1. The second-order valence-electron chi connectivity index (χ2n) is 10.3. The van der Waals surface area contributed by atoms with E-state index in [9.17, 15) is 0 Å². The molecule has 1 unspecified atom stereocenters. The van der Waals surface area contributed by atoms with E-state index < -0.39 is 0 Å². The highest BCUT2D eigenvalue weighted by atomic mass is 15.4. The van der Waals surface area contributed by atoms with Crippen molar-refractivity contribution in [3.63, 3.8) is 0 Å². The molecule has 1 aromatic carbocycles. The summed E-state index contributed by atoms with van der Waals surface area (Å²) in [4.78, 5) is 5.10. The van der Waals surface area contributed by atoms with Gasteiger partial charge in [0.15, 0.2) is 0 Å². The van der Waals surface area contributed by atoms with Crippen LogP contribution in [-0.4, -0.2) is 22.5 Å². The molecule has 0 saturated heterocycles. The van der Waals surface area contributed by atoms with Crippen molar-refractivity contribution in [2.75, 3.05) is 6.54 Å². The van der Waals surface area contributed by atoms with Crippen LogP contribution in [0.25, 0.3) is 0 Å². The van der Waals surface area contributed by atoms with Crippen molar-refractivity contribution in [3.8, 4) is 0 Å². The molecule has 0 fully saturated rings. The van der Waals surface area contributed by atoms with Crippen LogP contribution in [0.2, 0.25) is 0 Å². The Balaban J connectivity index is 1.46. The molecule has 2 nitrogen and oxygen atoms in total. The van der Waals surface area contributed by atoms with E-state index in [1.54, 1.807) is 0 Å². The minimum absolute atomic E-state index is 0.502. The van der Waals surface area contributed by atoms with Crippen LogP contribution in [-0.2, 0) is 6.54 Å². The van der Waals surface area contributed by atoms with E-state index >= 15 is 0 Å². The third kappa shape index (κ3) is 10.9. The fourth-order valence-electron chi connectivity index (χ4n) is 5.12. The Morgan fingerprint density at radius 1 is 0.625 bits per heavy atom. The lowest BCUT2D eigenvalue weighted by atomic mass is 10.0. The Kier molecular flexibility index (Phi) is 14.3. The van der Waals surface area contributed by atoms with E-state index in [2.05, 4.69) is 73.3 Å². The normalized spacial score (nSPS) is 15.9. The minimum atomic E-state index is 0.502. The maximum Gasteiger partial charge on any atom is 0.103 e. The Hall–Kier alpha value is -1.44. The second-order valence-corrected chi connectivity index (χ2v) is 10.3. The summed E-state index contributed by atoms with van der Waals surface area (Å²) in [7, 11) is 0. The highest BCUT2D eigenvalue weighted by Crippen LogP contribution is 2.25. The molecule has 1 aromatic rings. The zero-order valence-electron chi connectivity index (χ0n) is 21.6. The van der Waals surface area contributed by atoms with Gasteiger partial charge < -0.3 is 9.80 Å². The SMILES string of the molecule is CCCCCCCCCCCCCCCCCN1C=CN(Cc2ccccc2)C1C(C)C. The van der Waals surface area contributed by atoms with Crippen molar-refractivity contribution >= 4 is 0 Å². The lowest BCUT2D eigenvalue weighted by Gasteiger charge is -2.36. The van der Waals surface area contributed by atoms with Crippen LogP contribution >= 0.6 is 0 Å². The molecule has 1 heterocycles. The fraction of sp³-hybridized carbons (Fsp3) is 0.733. The first-order chi connectivity index (χ1) is 15.7. The summed E-state index contributed by atoms with van der Waals surface area (Å²) in [5.74, 6) is 0.630. The predicted octanol–water partition coefficient (Wildman–Crippen LogP) is 9.13. The van der Waals surface area contributed by atoms with Gasteiger partial charge in [-0.1, -0.05) is 141 Å². The Bertz CT molecular complexity index is 580. The molecule has 182 valence electrons. The first-order valence-corrected chi connectivity index (χ1v) is 14.0. The molecule has 0 aromatic heterocycles. The smallest absolute Gasteiger partial charge is 0.103 e. The van der Waals surface area contributed by atoms with Crippen LogP contribution in [0.5, 0.6) is 0 Å². The molecule has 0 saturated carbocycles. The number of hydrogen-bond donors (Lipinski definition) is 0. The van der Waals surface area contributed by atoms with Gasteiger partial charge in [0.2, 0.25) is 0 Å². The molecule has 0 radical (unpaired) electrons. The van der Waals surface area contributed by atoms with Crippen molar-refractivity contribution in [3.05, 3.63) is 48.3 Å². The van der Waals surface area contributed by atoms with Gasteiger partial charge in [-0.15, -0.1) is 0 Å². The molecule has 2 heteroatoms. The van der Waals surface area contributed by atoms with Crippen LogP contribution in [0.1, 0.15) is 123 Å². The maximum atomic E-state index is 2.58. The van der Waals surface area contributed by atoms with Crippen LogP contribution in [0.15, 0.2) is 42.7 Å². The molecule has 32 heavy (non-hydrogen) atoms. The van der Waals surface area contributed by atoms with Gasteiger partial charge in [-0.2, -0.15) is 0 Å². The van der Waals surface area contributed by atoms with E-state index in [0.717, 1.165) is 6.54 Å². The molecular formula is C30H52N2. The van der Waals surface area contributed by atoms with Crippen LogP contribution in [0, 0.1) is 5.92 Å². The Labute approximate surface area is 200 Å². The molecule has 0 N–H and O–H groups in total. The van der Waals surface area contributed by atoms with Gasteiger partial charge in [-0.3, -0.25) is 0 Å². The lowest BCUT2D eigenvalue weighted by molar-refractivity contribution is 0.100. The summed E-state index contributed by atoms with van der Waals surface area (Å²) < 4.78 is 0. The average Bonchev–Trinajstić information content (AvgIpc) is 3.19. The number of hydrogen-bond acceptors (Lipinski definition) is 2. The van der Waals surface area contributed by atoms with E-state index in [-0.39, 0.29) is 0 Å². The van der Waals surface area contributed by atoms with Gasteiger partial charge in [0, 0.05) is 25.5 Å². The first-order valence-electron chi connectivity index (χ1n) is 14.0. The maximum absolute atomic E-state index is 2.58. The summed E-state index contributed by atoms with van der Waals surface area (Å²) in [5.41, 5.74) is 1.40. The highest BCUT2D eigenvalue weighted by molar-refractivity contribution is 5.16. The van der Waals surface area contributed by atoms with E-state index in [4.69, 9.17) is 0 Å². The third-order valence-corrected chi connectivity index (χ3v) is 6.95. The zero-order chi connectivity index (χ0) is 22.9. The van der Waals surface area contributed by atoms with Crippen molar-refractivity contribution < 1.29 is 0 Å².